The van der Waals surface area contributed by atoms with Crippen molar-refractivity contribution < 1.29 is 18.0 Å². The Morgan fingerprint density at radius 2 is 1.90 bits per heavy atom. The maximum atomic E-state index is 13.1. The summed E-state index contributed by atoms with van der Waals surface area (Å²) >= 11 is 0. The minimum Gasteiger partial charge on any atom is -0.309 e. The van der Waals surface area contributed by atoms with Crippen molar-refractivity contribution >= 4 is 33.3 Å². The number of carbonyl (C=O) groups is 2. The summed E-state index contributed by atoms with van der Waals surface area (Å²) in [5.74, 6) is -0.483. The van der Waals surface area contributed by atoms with E-state index in [9.17, 15) is 18.0 Å². The molecule has 1 aliphatic heterocycles. The Morgan fingerprint density at radius 1 is 1.19 bits per heavy atom. The summed E-state index contributed by atoms with van der Waals surface area (Å²) in [7, 11) is -3.96. The molecule has 0 saturated carbocycles. The van der Waals surface area contributed by atoms with E-state index in [4.69, 9.17) is 0 Å². The van der Waals surface area contributed by atoms with Crippen LogP contribution in [0.1, 0.15) is 39.0 Å². The van der Waals surface area contributed by atoms with Crippen molar-refractivity contribution in [2.45, 2.75) is 58.0 Å². The fourth-order valence-corrected chi connectivity index (χ4v) is 5.19. The van der Waals surface area contributed by atoms with Gasteiger partial charge in [-0.05, 0) is 62.1 Å². The third-order valence-electron chi connectivity index (χ3n) is 5.29. The van der Waals surface area contributed by atoms with Gasteiger partial charge in [-0.1, -0.05) is 19.9 Å². The molecule has 1 aromatic carbocycles. The first-order valence-electron chi connectivity index (χ1n) is 10.2. The SMILES string of the molecule is CC(=O)N1c2ccc(S(=O)(=O)N[C@H](C(=O)Nc3cccc(C)n3)C(C)C)cc2C[C@H]1C. The number of anilines is 2. The Kier molecular flexibility index (Phi) is 6.47. The standard InChI is InChI=1S/C22H28N4O4S/c1-13(2)21(22(28)24-20-8-6-7-14(3)23-20)25-31(29,30)18-9-10-19-17(12-18)11-15(4)26(19)16(5)27/h6-10,12-13,15,21,25H,11H2,1-5H3,(H,23,24,28)/t15-,21+/m1/s1. The molecule has 2 heterocycles. The summed E-state index contributed by atoms with van der Waals surface area (Å²) in [6.07, 6.45) is 0.575. The monoisotopic (exact) mass is 444 g/mol. The lowest BCUT2D eigenvalue weighted by Gasteiger charge is -2.22. The van der Waals surface area contributed by atoms with E-state index < -0.39 is 22.0 Å². The van der Waals surface area contributed by atoms with E-state index in [0.29, 0.717) is 12.2 Å². The minimum absolute atomic E-state index is 0.0329. The quantitative estimate of drug-likeness (QED) is 0.712. The average Bonchev–Trinajstić information content (AvgIpc) is 3.00. The summed E-state index contributed by atoms with van der Waals surface area (Å²) < 4.78 is 28.7. The van der Waals surface area contributed by atoms with Gasteiger partial charge in [0, 0.05) is 24.3 Å². The molecular formula is C22H28N4O4S. The smallest absolute Gasteiger partial charge is 0.243 e. The fraction of sp³-hybridized carbons (Fsp3) is 0.409. The van der Waals surface area contributed by atoms with Gasteiger partial charge in [0.05, 0.1) is 4.90 Å². The Labute approximate surface area is 183 Å². The van der Waals surface area contributed by atoms with Crippen molar-refractivity contribution in [1.82, 2.24) is 9.71 Å². The van der Waals surface area contributed by atoms with Crippen molar-refractivity contribution in [2.75, 3.05) is 10.2 Å². The number of hydrogen-bond acceptors (Lipinski definition) is 5. The van der Waals surface area contributed by atoms with Gasteiger partial charge in [-0.3, -0.25) is 9.59 Å². The number of benzene rings is 1. The largest absolute Gasteiger partial charge is 0.309 e. The Morgan fingerprint density at radius 3 is 2.52 bits per heavy atom. The average molecular weight is 445 g/mol. The Balaban J connectivity index is 1.83. The maximum Gasteiger partial charge on any atom is 0.243 e. The Bertz CT molecular complexity index is 1110. The highest BCUT2D eigenvalue weighted by atomic mass is 32.2. The number of pyridine rings is 1. The van der Waals surface area contributed by atoms with Crippen molar-refractivity contribution in [3.8, 4) is 0 Å². The van der Waals surface area contributed by atoms with Crippen LogP contribution in [-0.2, 0) is 26.0 Å². The molecule has 3 rings (SSSR count). The number of carbonyl (C=O) groups excluding carboxylic acids is 2. The van der Waals surface area contributed by atoms with E-state index in [-0.39, 0.29) is 22.8 Å². The second kappa shape index (κ2) is 8.76. The van der Waals surface area contributed by atoms with E-state index in [1.54, 1.807) is 56.0 Å². The van der Waals surface area contributed by atoms with Gasteiger partial charge in [0.2, 0.25) is 21.8 Å². The normalized spacial score (nSPS) is 16.8. The van der Waals surface area contributed by atoms with Crippen LogP contribution in [-0.4, -0.2) is 37.3 Å². The number of hydrogen-bond donors (Lipinski definition) is 2. The topological polar surface area (TPSA) is 108 Å². The zero-order valence-electron chi connectivity index (χ0n) is 18.3. The molecule has 1 aliphatic rings. The summed E-state index contributed by atoms with van der Waals surface area (Å²) in [5.41, 5.74) is 2.26. The van der Waals surface area contributed by atoms with Crippen molar-refractivity contribution in [3.63, 3.8) is 0 Å². The summed E-state index contributed by atoms with van der Waals surface area (Å²) in [5, 5.41) is 2.68. The van der Waals surface area contributed by atoms with Crippen LogP contribution in [0.5, 0.6) is 0 Å². The number of sulfonamides is 1. The lowest BCUT2D eigenvalue weighted by Crippen LogP contribution is -2.47. The zero-order valence-corrected chi connectivity index (χ0v) is 19.2. The minimum atomic E-state index is -3.96. The molecule has 166 valence electrons. The van der Waals surface area contributed by atoms with Crippen LogP contribution < -0.4 is 14.9 Å². The lowest BCUT2D eigenvalue weighted by atomic mass is 10.1. The van der Waals surface area contributed by atoms with Gasteiger partial charge in [0.1, 0.15) is 11.9 Å². The van der Waals surface area contributed by atoms with Crippen LogP contribution in [0.2, 0.25) is 0 Å². The van der Waals surface area contributed by atoms with Crippen LogP contribution in [0.25, 0.3) is 0 Å². The molecule has 0 fully saturated rings. The van der Waals surface area contributed by atoms with Gasteiger partial charge < -0.3 is 10.2 Å². The van der Waals surface area contributed by atoms with E-state index in [0.717, 1.165) is 16.9 Å². The summed E-state index contributed by atoms with van der Waals surface area (Å²) in [6, 6.07) is 8.90. The second-order valence-electron chi connectivity index (χ2n) is 8.23. The second-order valence-corrected chi connectivity index (χ2v) is 9.94. The van der Waals surface area contributed by atoms with Crippen LogP contribution in [0, 0.1) is 12.8 Å². The third kappa shape index (κ3) is 4.94. The number of nitrogens with zero attached hydrogens (tertiary/aromatic N) is 2. The van der Waals surface area contributed by atoms with Gasteiger partial charge in [0.25, 0.3) is 0 Å². The molecule has 9 heteroatoms. The van der Waals surface area contributed by atoms with Gasteiger partial charge >= 0.3 is 0 Å². The van der Waals surface area contributed by atoms with Crippen molar-refractivity contribution in [2.24, 2.45) is 5.92 Å². The molecule has 2 amide bonds. The van der Waals surface area contributed by atoms with E-state index >= 15 is 0 Å². The number of rotatable bonds is 6. The molecule has 31 heavy (non-hydrogen) atoms. The molecule has 2 atom stereocenters. The first-order chi connectivity index (χ1) is 14.5. The maximum absolute atomic E-state index is 13.1. The number of fused-ring (bicyclic) bond motifs is 1. The van der Waals surface area contributed by atoms with Crippen molar-refractivity contribution in [1.29, 1.82) is 0 Å². The highest BCUT2D eigenvalue weighted by molar-refractivity contribution is 7.89. The lowest BCUT2D eigenvalue weighted by molar-refractivity contribution is -0.119. The first-order valence-corrected chi connectivity index (χ1v) is 11.7. The summed E-state index contributed by atoms with van der Waals surface area (Å²) in [4.78, 5) is 30.7. The van der Waals surface area contributed by atoms with Crippen LogP contribution in [0.4, 0.5) is 11.5 Å². The van der Waals surface area contributed by atoms with Crippen LogP contribution in [0.3, 0.4) is 0 Å². The van der Waals surface area contributed by atoms with Gasteiger partial charge in [0.15, 0.2) is 0 Å². The number of aryl methyl sites for hydroxylation is 1. The molecule has 8 nitrogen and oxygen atoms in total. The molecule has 0 radical (unpaired) electrons. The predicted octanol–water partition coefficient (Wildman–Crippen LogP) is 2.63. The van der Waals surface area contributed by atoms with Crippen molar-refractivity contribution in [3.05, 3.63) is 47.7 Å². The molecular weight excluding hydrogens is 416 g/mol. The number of amides is 2. The molecule has 1 aromatic heterocycles. The highest BCUT2D eigenvalue weighted by Gasteiger charge is 2.32. The summed E-state index contributed by atoms with van der Waals surface area (Å²) in [6.45, 7) is 8.76. The van der Waals surface area contributed by atoms with E-state index in [1.165, 1.54) is 13.0 Å². The molecule has 2 aromatic rings. The van der Waals surface area contributed by atoms with Crippen LogP contribution >= 0.6 is 0 Å². The first kappa shape index (κ1) is 22.9. The molecule has 0 aliphatic carbocycles. The van der Waals surface area contributed by atoms with Gasteiger partial charge in [-0.25, -0.2) is 13.4 Å². The molecule has 2 N–H and O–H groups in total. The molecule has 0 unspecified atom stereocenters. The predicted molar refractivity (Wildman–Crippen MR) is 119 cm³/mol. The molecule has 0 saturated heterocycles. The third-order valence-corrected chi connectivity index (χ3v) is 6.73. The molecule has 0 bridgehead atoms. The van der Waals surface area contributed by atoms with E-state index in [1.807, 2.05) is 6.92 Å². The number of aromatic nitrogens is 1. The van der Waals surface area contributed by atoms with Gasteiger partial charge in [-0.15, -0.1) is 0 Å². The fourth-order valence-electron chi connectivity index (χ4n) is 3.80. The number of nitrogens with one attached hydrogen (secondary N) is 2. The Hall–Kier alpha value is -2.78. The van der Waals surface area contributed by atoms with Crippen LogP contribution in [0.15, 0.2) is 41.3 Å². The highest BCUT2D eigenvalue weighted by Crippen LogP contribution is 2.34. The van der Waals surface area contributed by atoms with E-state index in [2.05, 4.69) is 15.0 Å². The molecule has 0 spiro atoms. The van der Waals surface area contributed by atoms with Gasteiger partial charge in [-0.2, -0.15) is 4.72 Å². The zero-order chi connectivity index (χ0) is 22.9.